The van der Waals surface area contributed by atoms with E-state index < -0.39 is 11.8 Å². The van der Waals surface area contributed by atoms with Gasteiger partial charge in [-0.05, 0) is 12.8 Å². The number of hydrogen-bond acceptors (Lipinski definition) is 5. The Balaban J connectivity index is 1.62. The van der Waals surface area contributed by atoms with E-state index in [-0.39, 0.29) is 5.91 Å². The molecule has 1 aromatic rings. The van der Waals surface area contributed by atoms with Gasteiger partial charge >= 0.3 is 11.8 Å². The van der Waals surface area contributed by atoms with Gasteiger partial charge in [-0.1, -0.05) is 0 Å². The molecule has 1 aliphatic rings. The van der Waals surface area contributed by atoms with E-state index in [1.54, 1.807) is 4.90 Å². The molecule has 108 valence electrons. The first-order valence-corrected chi connectivity index (χ1v) is 6.38. The van der Waals surface area contributed by atoms with Crippen LogP contribution in [0.25, 0.3) is 0 Å². The van der Waals surface area contributed by atoms with Crippen LogP contribution in [0.5, 0.6) is 0 Å². The van der Waals surface area contributed by atoms with Crippen molar-refractivity contribution in [3.05, 3.63) is 12.7 Å². The van der Waals surface area contributed by atoms with Crippen molar-refractivity contribution < 1.29 is 14.4 Å². The molecule has 1 saturated heterocycles. The first kappa shape index (κ1) is 14.0. The van der Waals surface area contributed by atoms with Crippen LogP contribution in [0.2, 0.25) is 0 Å². The molecule has 0 spiro atoms. The topological polar surface area (TPSA) is 109 Å². The molecule has 0 aromatic carbocycles. The fourth-order valence-corrected chi connectivity index (χ4v) is 1.92. The van der Waals surface area contributed by atoms with E-state index in [4.69, 9.17) is 0 Å². The zero-order valence-corrected chi connectivity index (χ0v) is 10.9. The van der Waals surface area contributed by atoms with Crippen LogP contribution in [0.4, 0.5) is 0 Å². The molecular formula is C11H16N6O3. The van der Waals surface area contributed by atoms with Gasteiger partial charge in [0.1, 0.15) is 12.7 Å². The number of likely N-dealkylation sites (tertiary alicyclic amines) is 1. The van der Waals surface area contributed by atoms with Gasteiger partial charge in [-0.2, -0.15) is 0 Å². The summed E-state index contributed by atoms with van der Waals surface area (Å²) >= 11 is 0. The quantitative estimate of drug-likeness (QED) is 0.503. The van der Waals surface area contributed by atoms with Crippen LogP contribution in [0.3, 0.4) is 0 Å². The van der Waals surface area contributed by atoms with Gasteiger partial charge in [0, 0.05) is 26.1 Å². The summed E-state index contributed by atoms with van der Waals surface area (Å²) in [4.78, 5) is 36.0. The molecule has 0 atom stereocenters. The minimum absolute atomic E-state index is 0.154. The molecule has 1 aromatic heterocycles. The average Bonchev–Trinajstić information content (AvgIpc) is 3.06. The predicted molar refractivity (Wildman–Crippen MR) is 67.8 cm³/mol. The van der Waals surface area contributed by atoms with E-state index in [2.05, 4.69) is 20.9 Å². The number of hydrogen-bond donors (Lipinski definition) is 2. The maximum atomic E-state index is 11.5. The van der Waals surface area contributed by atoms with Gasteiger partial charge in [-0.3, -0.25) is 19.8 Å². The van der Waals surface area contributed by atoms with Crippen LogP contribution in [0.15, 0.2) is 12.7 Å². The highest BCUT2D eigenvalue weighted by atomic mass is 16.2. The Hall–Kier alpha value is -2.45. The van der Waals surface area contributed by atoms with Crippen molar-refractivity contribution in [3.8, 4) is 0 Å². The van der Waals surface area contributed by atoms with Crippen molar-refractivity contribution in [2.24, 2.45) is 0 Å². The number of aromatic nitrogens is 3. The summed E-state index contributed by atoms with van der Waals surface area (Å²) < 4.78 is 1.19. The van der Waals surface area contributed by atoms with Crippen LogP contribution in [-0.2, 0) is 14.4 Å². The summed E-state index contributed by atoms with van der Waals surface area (Å²) in [6.07, 6.45) is 4.66. The Labute approximate surface area is 115 Å². The van der Waals surface area contributed by atoms with E-state index in [0.717, 1.165) is 13.0 Å². The van der Waals surface area contributed by atoms with Gasteiger partial charge in [0.25, 0.3) is 0 Å². The standard InChI is InChI=1S/C11H16N6O3/c18-9-3-1-5-16(9)6-2-4-12-10(19)11(20)15-17-7-13-14-8-17/h7-8H,1-6H2,(H,12,19)(H,15,20). The zero-order valence-electron chi connectivity index (χ0n) is 10.9. The summed E-state index contributed by atoms with van der Waals surface area (Å²) in [5, 5.41) is 9.47. The predicted octanol–water partition coefficient (Wildman–Crippen LogP) is -1.52. The van der Waals surface area contributed by atoms with Crippen LogP contribution >= 0.6 is 0 Å². The first-order valence-electron chi connectivity index (χ1n) is 6.38. The first-order chi connectivity index (χ1) is 9.66. The van der Waals surface area contributed by atoms with Crippen LogP contribution in [0, 0.1) is 0 Å². The third-order valence-electron chi connectivity index (χ3n) is 2.92. The number of rotatable bonds is 5. The maximum absolute atomic E-state index is 11.5. The van der Waals surface area contributed by atoms with E-state index in [1.165, 1.54) is 17.3 Å². The zero-order chi connectivity index (χ0) is 14.4. The number of carbonyl (C=O) groups excluding carboxylic acids is 3. The van der Waals surface area contributed by atoms with Gasteiger partial charge in [0.05, 0.1) is 0 Å². The Morgan fingerprint density at radius 3 is 2.65 bits per heavy atom. The number of amides is 3. The number of nitrogens with zero attached hydrogens (tertiary/aromatic N) is 4. The fourth-order valence-electron chi connectivity index (χ4n) is 1.92. The minimum atomic E-state index is -0.790. The molecule has 3 amide bonds. The lowest BCUT2D eigenvalue weighted by Crippen LogP contribution is -2.39. The maximum Gasteiger partial charge on any atom is 0.328 e. The van der Waals surface area contributed by atoms with Crippen molar-refractivity contribution in [1.82, 2.24) is 25.1 Å². The highest BCUT2D eigenvalue weighted by Gasteiger charge is 2.19. The van der Waals surface area contributed by atoms with Gasteiger partial charge in [0.2, 0.25) is 5.91 Å². The molecule has 1 aliphatic heterocycles. The van der Waals surface area contributed by atoms with E-state index in [0.29, 0.717) is 25.9 Å². The molecule has 0 aliphatic carbocycles. The molecular weight excluding hydrogens is 264 g/mol. The van der Waals surface area contributed by atoms with Gasteiger partial charge in [-0.25, -0.2) is 4.68 Å². The largest absolute Gasteiger partial charge is 0.348 e. The molecule has 0 unspecified atom stereocenters. The van der Waals surface area contributed by atoms with Gasteiger partial charge < -0.3 is 10.2 Å². The highest BCUT2D eigenvalue weighted by molar-refractivity contribution is 6.38. The summed E-state index contributed by atoms with van der Waals surface area (Å²) in [7, 11) is 0. The SMILES string of the molecule is O=C(NCCCN1CCCC1=O)C(=O)Nn1cnnc1. The molecule has 2 heterocycles. The Morgan fingerprint density at radius 1 is 1.25 bits per heavy atom. The monoisotopic (exact) mass is 280 g/mol. The second-order valence-corrected chi connectivity index (χ2v) is 4.40. The third-order valence-corrected chi connectivity index (χ3v) is 2.92. The van der Waals surface area contributed by atoms with Gasteiger partial charge in [0.15, 0.2) is 0 Å². The van der Waals surface area contributed by atoms with Crippen molar-refractivity contribution in [1.29, 1.82) is 0 Å². The smallest absolute Gasteiger partial charge is 0.328 e. The Morgan fingerprint density at radius 2 is 2.00 bits per heavy atom. The van der Waals surface area contributed by atoms with E-state index in [9.17, 15) is 14.4 Å². The van der Waals surface area contributed by atoms with Crippen LogP contribution in [-0.4, -0.2) is 57.1 Å². The average molecular weight is 280 g/mol. The lowest BCUT2D eigenvalue weighted by molar-refractivity contribution is -0.136. The lowest BCUT2D eigenvalue weighted by Gasteiger charge is -2.15. The summed E-state index contributed by atoms with van der Waals surface area (Å²) in [6.45, 7) is 1.73. The minimum Gasteiger partial charge on any atom is -0.348 e. The second-order valence-electron chi connectivity index (χ2n) is 4.40. The third kappa shape index (κ3) is 3.77. The fraction of sp³-hybridized carbons (Fsp3) is 0.545. The lowest BCUT2D eigenvalue weighted by atomic mass is 10.4. The van der Waals surface area contributed by atoms with E-state index >= 15 is 0 Å². The van der Waals surface area contributed by atoms with Crippen LogP contribution in [0.1, 0.15) is 19.3 Å². The normalized spacial score (nSPS) is 14.4. The molecule has 9 heteroatoms. The molecule has 0 saturated carbocycles. The molecule has 0 bridgehead atoms. The molecule has 20 heavy (non-hydrogen) atoms. The number of carbonyl (C=O) groups is 3. The van der Waals surface area contributed by atoms with Crippen LogP contribution < -0.4 is 10.7 Å². The van der Waals surface area contributed by atoms with Gasteiger partial charge in [-0.15, -0.1) is 10.2 Å². The molecule has 9 nitrogen and oxygen atoms in total. The molecule has 1 fully saturated rings. The second kappa shape index (κ2) is 6.64. The summed E-state index contributed by atoms with van der Waals surface area (Å²) in [5.74, 6) is -1.37. The molecule has 0 radical (unpaired) electrons. The molecule has 2 rings (SSSR count). The number of nitrogens with one attached hydrogen (secondary N) is 2. The summed E-state index contributed by atoms with van der Waals surface area (Å²) in [5.41, 5.74) is 2.29. The van der Waals surface area contributed by atoms with Crippen molar-refractivity contribution >= 4 is 17.7 Å². The summed E-state index contributed by atoms with van der Waals surface area (Å²) in [6, 6.07) is 0. The van der Waals surface area contributed by atoms with Crippen molar-refractivity contribution in [2.75, 3.05) is 25.1 Å². The van der Waals surface area contributed by atoms with Crippen molar-refractivity contribution in [2.45, 2.75) is 19.3 Å². The Bertz CT molecular complexity index is 486. The van der Waals surface area contributed by atoms with Crippen molar-refractivity contribution in [3.63, 3.8) is 0 Å². The molecule has 2 N–H and O–H groups in total. The Kier molecular flexibility index (Phi) is 4.64. The van der Waals surface area contributed by atoms with E-state index in [1.807, 2.05) is 0 Å². The highest BCUT2D eigenvalue weighted by Crippen LogP contribution is 2.09.